The summed E-state index contributed by atoms with van der Waals surface area (Å²) in [6, 6.07) is 3.39. The van der Waals surface area contributed by atoms with Crippen molar-refractivity contribution in [2.45, 2.75) is 6.04 Å². The van der Waals surface area contributed by atoms with Gasteiger partial charge in [-0.05, 0) is 18.2 Å². The molecule has 0 bridgehead atoms. The molecule has 0 saturated heterocycles. The van der Waals surface area contributed by atoms with E-state index in [1.54, 1.807) is 6.20 Å². The molecule has 0 radical (unpaired) electrons. The van der Waals surface area contributed by atoms with E-state index >= 15 is 0 Å². The fourth-order valence-corrected chi connectivity index (χ4v) is 1.82. The van der Waals surface area contributed by atoms with Gasteiger partial charge >= 0.3 is 0 Å². The Balaban J connectivity index is 2.15. The summed E-state index contributed by atoms with van der Waals surface area (Å²) in [5.74, 6) is 0.777. The van der Waals surface area contributed by atoms with E-state index in [0.29, 0.717) is 0 Å². The summed E-state index contributed by atoms with van der Waals surface area (Å²) in [5.41, 5.74) is 0.763. The molecule has 1 aromatic rings. The molecule has 1 amide bonds. The van der Waals surface area contributed by atoms with E-state index in [0.717, 1.165) is 11.5 Å². The van der Waals surface area contributed by atoms with E-state index in [-0.39, 0.29) is 11.9 Å². The highest BCUT2D eigenvalue weighted by molar-refractivity contribution is 6.04. The summed E-state index contributed by atoms with van der Waals surface area (Å²) in [5, 5.41) is 2.83. The van der Waals surface area contributed by atoms with Crippen molar-refractivity contribution in [1.82, 2.24) is 4.98 Å². The predicted molar refractivity (Wildman–Crippen MR) is 57.4 cm³/mol. The number of pyridine rings is 1. The van der Waals surface area contributed by atoms with Crippen molar-refractivity contribution < 1.29 is 4.79 Å². The van der Waals surface area contributed by atoms with E-state index in [1.807, 2.05) is 41.5 Å². The van der Waals surface area contributed by atoms with Crippen LogP contribution in [0.2, 0.25) is 0 Å². The molecule has 3 rings (SSSR count). The molecule has 1 unspecified atom stereocenters. The molecule has 0 saturated carbocycles. The zero-order chi connectivity index (χ0) is 10.3. The van der Waals surface area contributed by atoms with Gasteiger partial charge in [-0.3, -0.25) is 4.79 Å². The number of hydrogen-bond donors (Lipinski definition) is 1. The third-order valence-electron chi connectivity index (χ3n) is 2.51. The molecule has 0 aliphatic carbocycles. The largest absolute Gasteiger partial charge is 0.321 e. The van der Waals surface area contributed by atoms with Crippen molar-refractivity contribution in [3.63, 3.8) is 0 Å². The van der Waals surface area contributed by atoms with Crippen LogP contribution < -0.4 is 10.2 Å². The lowest BCUT2D eigenvalue weighted by Crippen LogP contribution is -2.45. The number of rotatable bonds is 0. The third kappa shape index (κ3) is 1.15. The molecule has 1 aromatic heterocycles. The van der Waals surface area contributed by atoms with Crippen molar-refractivity contribution in [3.05, 3.63) is 42.8 Å². The number of nitrogens with one attached hydrogen (secondary N) is 1. The third-order valence-corrected chi connectivity index (χ3v) is 2.51. The van der Waals surface area contributed by atoms with Gasteiger partial charge in [-0.15, -0.1) is 0 Å². The predicted octanol–water partition coefficient (Wildman–Crippen LogP) is 1.29. The van der Waals surface area contributed by atoms with Gasteiger partial charge in [0.1, 0.15) is 6.04 Å². The quantitative estimate of drug-likeness (QED) is 0.684. The molecule has 1 atom stereocenters. The maximum absolute atomic E-state index is 11.7. The van der Waals surface area contributed by atoms with Gasteiger partial charge in [0.2, 0.25) is 0 Å². The number of allylic oxidation sites excluding steroid dienone is 2. The van der Waals surface area contributed by atoms with Crippen molar-refractivity contribution in [1.29, 1.82) is 0 Å². The maximum atomic E-state index is 11.7. The fraction of sp³-hybridized carbons (Fsp3) is 0.0909. The molecule has 3 heterocycles. The zero-order valence-electron chi connectivity index (χ0n) is 7.92. The molecular formula is C11H9N3O. The van der Waals surface area contributed by atoms with Crippen LogP contribution in [-0.4, -0.2) is 16.9 Å². The lowest BCUT2D eigenvalue weighted by atomic mass is 10.1. The van der Waals surface area contributed by atoms with Gasteiger partial charge in [0, 0.05) is 12.4 Å². The molecule has 2 aliphatic rings. The lowest BCUT2D eigenvalue weighted by Gasteiger charge is -2.33. The average Bonchev–Trinajstić information content (AvgIpc) is 2.30. The second kappa shape index (κ2) is 2.95. The smallest absolute Gasteiger partial charge is 0.251 e. The highest BCUT2D eigenvalue weighted by atomic mass is 16.2. The number of hydrogen-bond acceptors (Lipinski definition) is 3. The zero-order valence-corrected chi connectivity index (χ0v) is 7.92. The van der Waals surface area contributed by atoms with Gasteiger partial charge in [0.15, 0.2) is 5.82 Å². The maximum Gasteiger partial charge on any atom is 0.251 e. The molecule has 0 spiro atoms. The highest BCUT2D eigenvalue weighted by Crippen LogP contribution is 2.31. The monoisotopic (exact) mass is 199 g/mol. The second-order valence-electron chi connectivity index (χ2n) is 3.44. The summed E-state index contributed by atoms with van der Waals surface area (Å²) >= 11 is 0. The van der Waals surface area contributed by atoms with Gasteiger partial charge < -0.3 is 10.2 Å². The summed E-state index contributed by atoms with van der Waals surface area (Å²) in [6.07, 6.45) is 9.21. The molecule has 4 nitrogen and oxygen atoms in total. The number of anilines is 2. The summed E-state index contributed by atoms with van der Waals surface area (Å²) in [4.78, 5) is 17.9. The summed E-state index contributed by atoms with van der Waals surface area (Å²) in [6.45, 7) is 0. The van der Waals surface area contributed by atoms with Crippen LogP contribution in [0.25, 0.3) is 0 Å². The van der Waals surface area contributed by atoms with Crippen LogP contribution in [0, 0.1) is 0 Å². The fourth-order valence-electron chi connectivity index (χ4n) is 1.82. The minimum absolute atomic E-state index is 0.0175. The van der Waals surface area contributed by atoms with E-state index < -0.39 is 0 Å². The lowest BCUT2D eigenvalue weighted by molar-refractivity contribution is -0.116. The van der Waals surface area contributed by atoms with Crippen LogP contribution in [0.15, 0.2) is 42.8 Å². The SMILES string of the molecule is O=C1Nc2cccnc2N2C=CC=CC12. The van der Waals surface area contributed by atoms with Crippen molar-refractivity contribution in [2.24, 2.45) is 0 Å². The first-order chi connectivity index (χ1) is 7.36. The molecule has 0 fully saturated rings. The molecule has 2 aliphatic heterocycles. The van der Waals surface area contributed by atoms with Crippen LogP contribution in [0.3, 0.4) is 0 Å². The van der Waals surface area contributed by atoms with Gasteiger partial charge in [-0.25, -0.2) is 4.98 Å². The van der Waals surface area contributed by atoms with Crippen LogP contribution in [0.4, 0.5) is 11.5 Å². The minimum atomic E-state index is -0.266. The Kier molecular flexibility index (Phi) is 1.62. The second-order valence-corrected chi connectivity index (χ2v) is 3.44. The molecule has 74 valence electrons. The molecule has 15 heavy (non-hydrogen) atoms. The number of fused-ring (bicyclic) bond motifs is 3. The highest BCUT2D eigenvalue weighted by Gasteiger charge is 2.31. The van der Waals surface area contributed by atoms with Gasteiger partial charge in [0.25, 0.3) is 5.91 Å². The Labute approximate surface area is 86.9 Å². The first-order valence-electron chi connectivity index (χ1n) is 4.75. The number of amides is 1. The number of carbonyl (C=O) groups is 1. The molecule has 4 heteroatoms. The van der Waals surface area contributed by atoms with Crippen LogP contribution in [0.5, 0.6) is 0 Å². The van der Waals surface area contributed by atoms with E-state index in [4.69, 9.17) is 0 Å². The Morgan fingerprint density at radius 1 is 1.40 bits per heavy atom. The van der Waals surface area contributed by atoms with Gasteiger partial charge in [-0.1, -0.05) is 12.2 Å². The minimum Gasteiger partial charge on any atom is -0.321 e. The van der Waals surface area contributed by atoms with Crippen LogP contribution >= 0.6 is 0 Å². The van der Waals surface area contributed by atoms with Crippen molar-refractivity contribution in [2.75, 3.05) is 10.2 Å². The molecule has 1 N–H and O–H groups in total. The average molecular weight is 199 g/mol. The number of aromatic nitrogens is 1. The van der Waals surface area contributed by atoms with Crippen molar-refractivity contribution in [3.8, 4) is 0 Å². The van der Waals surface area contributed by atoms with E-state index in [1.165, 1.54) is 0 Å². The number of nitrogens with zero attached hydrogens (tertiary/aromatic N) is 2. The van der Waals surface area contributed by atoms with E-state index in [9.17, 15) is 4.79 Å². The van der Waals surface area contributed by atoms with Crippen LogP contribution in [-0.2, 0) is 4.79 Å². The Bertz CT molecular complexity index is 478. The molecular weight excluding hydrogens is 190 g/mol. The Hall–Kier alpha value is -2.10. The van der Waals surface area contributed by atoms with Gasteiger partial charge in [0.05, 0.1) is 5.69 Å². The van der Waals surface area contributed by atoms with E-state index in [2.05, 4.69) is 10.3 Å². The topological polar surface area (TPSA) is 45.2 Å². The standard InChI is InChI=1S/C11H9N3O/c15-11-9-5-1-2-7-14(9)10-8(13-11)4-3-6-12-10/h1-7,9H,(H,13,15). The Morgan fingerprint density at radius 3 is 3.27 bits per heavy atom. The normalized spacial score (nSPS) is 22.0. The molecule has 0 aromatic carbocycles. The van der Waals surface area contributed by atoms with Crippen LogP contribution in [0.1, 0.15) is 0 Å². The van der Waals surface area contributed by atoms with Crippen molar-refractivity contribution >= 4 is 17.4 Å². The summed E-state index contributed by atoms with van der Waals surface area (Å²) < 4.78 is 0. The number of carbonyl (C=O) groups excluding carboxylic acids is 1. The first-order valence-corrected chi connectivity index (χ1v) is 4.75. The summed E-state index contributed by atoms with van der Waals surface area (Å²) in [7, 11) is 0. The van der Waals surface area contributed by atoms with Gasteiger partial charge in [-0.2, -0.15) is 0 Å². The Morgan fingerprint density at radius 2 is 2.33 bits per heavy atom. The first kappa shape index (κ1) is 8.23.